The van der Waals surface area contributed by atoms with Gasteiger partial charge in [-0.05, 0) is 61.8 Å². The molecule has 31 heavy (non-hydrogen) atoms. The van der Waals surface area contributed by atoms with Crippen LogP contribution in [0.2, 0.25) is 0 Å². The summed E-state index contributed by atoms with van der Waals surface area (Å²) < 4.78 is 6.48. The lowest BCUT2D eigenvalue weighted by Crippen LogP contribution is -2.45. The van der Waals surface area contributed by atoms with Gasteiger partial charge in [0.2, 0.25) is 5.91 Å². The second-order valence-electron chi connectivity index (χ2n) is 8.48. The third kappa shape index (κ3) is 3.69. The molecule has 0 aliphatic carbocycles. The van der Waals surface area contributed by atoms with Gasteiger partial charge in [0.1, 0.15) is 12.9 Å². The molecule has 11 heteroatoms. The second-order valence-corrected chi connectivity index (χ2v) is 8.48. The van der Waals surface area contributed by atoms with E-state index in [-0.39, 0.29) is 29.9 Å². The summed E-state index contributed by atoms with van der Waals surface area (Å²) in [5.74, 6) is 0.365. The maximum absolute atomic E-state index is 13.3. The van der Waals surface area contributed by atoms with Crippen LogP contribution in [0.15, 0.2) is 30.2 Å². The van der Waals surface area contributed by atoms with E-state index in [1.54, 1.807) is 4.90 Å². The highest BCUT2D eigenvalue weighted by atomic mass is 16.5. The third-order valence-corrected chi connectivity index (χ3v) is 6.54. The number of rotatable bonds is 5. The Morgan fingerprint density at radius 2 is 2.03 bits per heavy atom. The monoisotopic (exact) mass is 424 g/mol. The van der Waals surface area contributed by atoms with Crippen molar-refractivity contribution in [3.63, 3.8) is 0 Å². The molecule has 0 bridgehead atoms. The fourth-order valence-electron chi connectivity index (χ4n) is 4.89. The zero-order chi connectivity index (χ0) is 21.4. The number of tetrazole rings is 1. The van der Waals surface area contributed by atoms with Crippen molar-refractivity contribution in [2.45, 2.75) is 38.6 Å². The molecule has 162 valence electrons. The van der Waals surface area contributed by atoms with E-state index in [4.69, 9.17) is 4.74 Å². The molecule has 0 radical (unpaired) electrons. The first-order valence-electron chi connectivity index (χ1n) is 10.5. The Bertz CT molecular complexity index is 996. The molecule has 3 aliphatic rings. The Hall–Kier alpha value is -3.21. The lowest BCUT2D eigenvalue weighted by atomic mass is 9.76. The number of ether oxygens (including phenoxy) is 1. The summed E-state index contributed by atoms with van der Waals surface area (Å²) in [6, 6.07) is 3.88. The summed E-state index contributed by atoms with van der Waals surface area (Å²) in [4.78, 5) is 28.9. The first-order chi connectivity index (χ1) is 15.0. The van der Waals surface area contributed by atoms with E-state index in [0.29, 0.717) is 11.5 Å². The van der Waals surface area contributed by atoms with Gasteiger partial charge in [-0.1, -0.05) is 0 Å². The zero-order valence-electron chi connectivity index (χ0n) is 17.3. The van der Waals surface area contributed by atoms with Crippen molar-refractivity contribution in [1.82, 2.24) is 40.2 Å². The molecule has 1 spiro atoms. The SMILES string of the molecule is C[C@H]1CC2(CCN(CCc3ccc(-n4cnnn4)nn3)CC2)C(=O)N1C1=CC(=O)OC1. The van der Waals surface area contributed by atoms with Crippen molar-refractivity contribution in [3.05, 3.63) is 35.9 Å². The van der Waals surface area contributed by atoms with Gasteiger partial charge < -0.3 is 14.5 Å². The number of cyclic esters (lactones) is 1. The van der Waals surface area contributed by atoms with Crippen LogP contribution in [0.1, 0.15) is 31.9 Å². The van der Waals surface area contributed by atoms with Crippen LogP contribution in [0.25, 0.3) is 5.82 Å². The molecule has 0 N–H and O–H groups in total. The molecular formula is C20H24N8O3. The summed E-state index contributed by atoms with van der Waals surface area (Å²) in [5.41, 5.74) is 1.28. The van der Waals surface area contributed by atoms with E-state index in [1.807, 2.05) is 12.1 Å². The Morgan fingerprint density at radius 1 is 1.19 bits per heavy atom. The number of hydrogen-bond acceptors (Lipinski definition) is 9. The Labute approximate surface area is 179 Å². The number of hydrogen-bond donors (Lipinski definition) is 0. The predicted octanol–water partition coefficient (Wildman–Crippen LogP) is 0.139. The van der Waals surface area contributed by atoms with E-state index in [2.05, 4.69) is 37.5 Å². The highest BCUT2D eigenvalue weighted by Crippen LogP contribution is 2.46. The van der Waals surface area contributed by atoms with Crippen LogP contribution in [0.3, 0.4) is 0 Å². The quantitative estimate of drug-likeness (QED) is 0.617. The number of aromatic nitrogens is 6. The second kappa shape index (κ2) is 7.80. The van der Waals surface area contributed by atoms with Gasteiger partial charge in [-0.25, -0.2) is 4.79 Å². The van der Waals surface area contributed by atoms with Gasteiger partial charge in [0.05, 0.1) is 16.8 Å². The van der Waals surface area contributed by atoms with Crippen molar-refractivity contribution < 1.29 is 14.3 Å². The number of likely N-dealkylation sites (tertiary alicyclic amines) is 2. The van der Waals surface area contributed by atoms with Crippen LogP contribution in [0, 0.1) is 5.41 Å². The number of esters is 1. The maximum atomic E-state index is 13.3. The molecule has 2 aromatic heterocycles. The number of amides is 1. The molecule has 5 heterocycles. The molecule has 2 saturated heterocycles. The molecule has 5 rings (SSSR count). The van der Waals surface area contributed by atoms with Crippen LogP contribution in [-0.2, 0) is 20.7 Å². The summed E-state index contributed by atoms with van der Waals surface area (Å²) in [6.07, 6.45) is 6.22. The first-order valence-corrected chi connectivity index (χ1v) is 10.5. The molecule has 0 aromatic carbocycles. The topological polar surface area (TPSA) is 119 Å². The zero-order valence-corrected chi connectivity index (χ0v) is 17.3. The van der Waals surface area contributed by atoms with Crippen LogP contribution in [0.4, 0.5) is 0 Å². The Morgan fingerprint density at radius 3 is 2.68 bits per heavy atom. The molecule has 2 fully saturated rings. The minimum atomic E-state index is -0.361. The number of nitrogens with zero attached hydrogens (tertiary/aromatic N) is 8. The van der Waals surface area contributed by atoms with E-state index < -0.39 is 0 Å². The highest BCUT2D eigenvalue weighted by molar-refractivity contribution is 5.91. The van der Waals surface area contributed by atoms with Crippen LogP contribution >= 0.6 is 0 Å². The maximum Gasteiger partial charge on any atom is 0.333 e. The summed E-state index contributed by atoms with van der Waals surface area (Å²) >= 11 is 0. The van der Waals surface area contributed by atoms with E-state index in [0.717, 1.165) is 51.0 Å². The summed E-state index contributed by atoms with van der Waals surface area (Å²) in [7, 11) is 0. The first kappa shape index (κ1) is 19.7. The van der Waals surface area contributed by atoms with Crippen molar-refractivity contribution >= 4 is 11.9 Å². The van der Waals surface area contributed by atoms with Gasteiger partial charge in [-0.3, -0.25) is 4.79 Å². The van der Waals surface area contributed by atoms with E-state index >= 15 is 0 Å². The molecule has 2 aromatic rings. The fourth-order valence-corrected chi connectivity index (χ4v) is 4.89. The van der Waals surface area contributed by atoms with Crippen molar-refractivity contribution in [3.8, 4) is 5.82 Å². The lowest BCUT2D eigenvalue weighted by Gasteiger charge is -2.38. The van der Waals surface area contributed by atoms with Crippen LogP contribution < -0.4 is 0 Å². The van der Waals surface area contributed by atoms with Gasteiger partial charge in [0.25, 0.3) is 0 Å². The fraction of sp³-hybridized carbons (Fsp3) is 0.550. The standard InChI is InChI=1S/C20H24N8O3/c1-14-11-20(19(30)28(14)16-10-18(29)31-12-16)5-8-26(9-6-20)7-4-15-2-3-17(23-22-15)27-13-21-24-25-27/h2-3,10,13-14H,4-9,11-12H2,1H3/t14-/m0/s1. The highest BCUT2D eigenvalue weighted by Gasteiger charge is 2.52. The average molecular weight is 424 g/mol. The van der Waals surface area contributed by atoms with Gasteiger partial charge in [0, 0.05) is 25.1 Å². The minimum absolute atomic E-state index is 0.0915. The van der Waals surface area contributed by atoms with Gasteiger partial charge >= 0.3 is 5.97 Å². The third-order valence-electron chi connectivity index (χ3n) is 6.54. The van der Waals surface area contributed by atoms with Gasteiger partial charge in [-0.15, -0.1) is 10.2 Å². The molecule has 0 unspecified atom stereocenters. The molecule has 3 aliphatic heterocycles. The average Bonchev–Trinajstić information content (AvgIpc) is 3.50. The Kier molecular flexibility index (Phi) is 4.97. The van der Waals surface area contributed by atoms with E-state index in [1.165, 1.54) is 17.1 Å². The smallest absolute Gasteiger partial charge is 0.333 e. The summed E-state index contributed by atoms with van der Waals surface area (Å²) in [5, 5.41) is 19.4. The van der Waals surface area contributed by atoms with Gasteiger partial charge in [0.15, 0.2) is 5.82 Å². The summed E-state index contributed by atoms with van der Waals surface area (Å²) in [6.45, 7) is 4.87. The number of carbonyl (C=O) groups is 2. The van der Waals surface area contributed by atoms with Crippen molar-refractivity contribution in [1.29, 1.82) is 0 Å². The molecule has 11 nitrogen and oxygen atoms in total. The van der Waals surface area contributed by atoms with Gasteiger partial charge in [-0.2, -0.15) is 9.78 Å². The normalized spacial score (nSPS) is 23.5. The van der Waals surface area contributed by atoms with Crippen LogP contribution in [0.5, 0.6) is 0 Å². The number of carbonyl (C=O) groups excluding carboxylic acids is 2. The minimum Gasteiger partial charge on any atom is -0.456 e. The van der Waals surface area contributed by atoms with Crippen molar-refractivity contribution in [2.24, 2.45) is 5.41 Å². The predicted molar refractivity (Wildman–Crippen MR) is 107 cm³/mol. The molecule has 1 amide bonds. The van der Waals surface area contributed by atoms with E-state index in [9.17, 15) is 9.59 Å². The van der Waals surface area contributed by atoms with Crippen LogP contribution in [-0.4, -0.2) is 84.4 Å². The lowest BCUT2D eigenvalue weighted by molar-refractivity contribution is -0.138. The molecule has 1 atom stereocenters. The number of piperidine rings is 1. The molecular weight excluding hydrogens is 400 g/mol. The Balaban J connectivity index is 1.16. The van der Waals surface area contributed by atoms with Crippen molar-refractivity contribution in [2.75, 3.05) is 26.2 Å². The largest absolute Gasteiger partial charge is 0.456 e. The molecule has 0 saturated carbocycles.